The van der Waals surface area contributed by atoms with Crippen LogP contribution in [0.1, 0.15) is 23.8 Å². The zero-order valence-corrected chi connectivity index (χ0v) is 12.1. The Kier molecular flexibility index (Phi) is 5.35. The van der Waals surface area contributed by atoms with E-state index in [1.54, 1.807) is 13.0 Å². The standard InChI is InChI=1S/C12H17NO3S2/c1-4-6-13(7-5-2)18(15,16)12-8-10(3)11(9-14)17-12/h1,8,14H,5-7,9H2,2-3H3. The molecule has 0 spiro atoms. The number of aryl methyl sites for hydroxylation is 1. The van der Waals surface area contributed by atoms with Crippen molar-refractivity contribution in [3.63, 3.8) is 0 Å². The van der Waals surface area contributed by atoms with Crippen LogP contribution < -0.4 is 0 Å². The number of hydrogen-bond donors (Lipinski definition) is 1. The molecule has 6 heteroatoms. The predicted octanol–water partition coefficient (Wildman–Crippen LogP) is 1.58. The first-order valence-electron chi connectivity index (χ1n) is 5.61. The van der Waals surface area contributed by atoms with Crippen molar-refractivity contribution in [3.8, 4) is 12.3 Å². The molecule has 100 valence electrons. The first kappa shape index (κ1) is 15.2. The van der Waals surface area contributed by atoms with Crippen LogP contribution >= 0.6 is 11.3 Å². The minimum atomic E-state index is -3.54. The molecule has 1 aromatic heterocycles. The van der Waals surface area contributed by atoms with E-state index in [2.05, 4.69) is 5.92 Å². The molecule has 0 amide bonds. The van der Waals surface area contributed by atoms with Crippen LogP contribution in [0.15, 0.2) is 10.3 Å². The zero-order chi connectivity index (χ0) is 13.8. The van der Waals surface area contributed by atoms with E-state index in [1.165, 1.54) is 4.31 Å². The molecule has 0 saturated carbocycles. The van der Waals surface area contributed by atoms with Crippen molar-refractivity contribution >= 4 is 21.4 Å². The van der Waals surface area contributed by atoms with Crippen molar-refractivity contribution in [3.05, 3.63) is 16.5 Å². The van der Waals surface area contributed by atoms with Crippen LogP contribution in [0, 0.1) is 19.3 Å². The van der Waals surface area contributed by atoms with Crippen LogP contribution in [-0.4, -0.2) is 30.9 Å². The Morgan fingerprint density at radius 2 is 2.22 bits per heavy atom. The Labute approximate surface area is 112 Å². The first-order chi connectivity index (χ1) is 8.47. The molecule has 1 rings (SSSR count). The smallest absolute Gasteiger partial charge is 0.253 e. The summed E-state index contributed by atoms with van der Waals surface area (Å²) < 4.78 is 26.2. The average molecular weight is 287 g/mol. The highest BCUT2D eigenvalue weighted by atomic mass is 32.2. The lowest BCUT2D eigenvalue weighted by molar-refractivity contribution is 0.285. The first-order valence-corrected chi connectivity index (χ1v) is 7.86. The molecule has 0 aromatic carbocycles. The van der Waals surface area contributed by atoms with Crippen LogP contribution in [0.3, 0.4) is 0 Å². The summed E-state index contributed by atoms with van der Waals surface area (Å²) in [5.74, 6) is 2.37. The van der Waals surface area contributed by atoms with Gasteiger partial charge in [-0.1, -0.05) is 12.8 Å². The second kappa shape index (κ2) is 6.34. The second-order valence-electron chi connectivity index (χ2n) is 3.87. The lowest BCUT2D eigenvalue weighted by atomic mass is 10.3. The Bertz CT molecular complexity index is 540. The third-order valence-corrected chi connectivity index (χ3v) is 5.99. The third-order valence-electron chi connectivity index (χ3n) is 2.48. The second-order valence-corrected chi connectivity index (χ2v) is 7.17. The Hall–Kier alpha value is -0.870. The van der Waals surface area contributed by atoms with Gasteiger partial charge in [-0.3, -0.25) is 0 Å². The van der Waals surface area contributed by atoms with Crippen LogP contribution in [0.25, 0.3) is 0 Å². The van der Waals surface area contributed by atoms with E-state index in [1.807, 2.05) is 6.92 Å². The van der Waals surface area contributed by atoms with E-state index in [4.69, 9.17) is 11.5 Å². The van der Waals surface area contributed by atoms with Gasteiger partial charge in [-0.25, -0.2) is 8.42 Å². The monoisotopic (exact) mass is 287 g/mol. The SMILES string of the molecule is C#CCN(CCC)S(=O)(=O)c1cc(C)c(CO)s1. The minimum Gasteiger partial charge on any atom is -0.391 e. The van der Waals surface area contributed by atoms with E-state index in [0.29, 0.717) is 17.8 Å². The number of thiophene rings is 1. The number of terminal acetylenes is 1. The van der Waals surface area contributed by atoms with E-state index < -0.39 is 10.0 Å². The topological polar surface area (TPSA) is 57.6 Å². The van der Waals surface area contributed by atoms with Crippen LogP contribution in [0.5, 0.6) is 0 Å². The molecular formula is C12H17NO3S2. The van der Waals surface area contributed by atoms with Gasteiger partial charge in [0.2, 0.25) is 0 Å². The van der Waals surface area contributed by atoms with Gasteiger partial charge in [0.1, 0.15) is 4.21 Å². The highest BCUT2D eigenvalue weighted by Gasteiger charge is 2.25. The maximum Gasteiger partial charge on any atom is 0.253 e. The largest absolute Gasteiger partial charge is 0.391 e. The summed E-state index contributed by atoms with van der Waals surface area (Å²) in [6, 6.07) is 1.59. The molecular weight excluding hydrogens is 270 g/mol. The number of sulfonamides is 1. The molecule has 1 aromatic rings. The zero-order valence-electron chi connectivity index (χ0n) is 10.5. The fourth-order valence-electron chi connectivity index (χ4n) is 1.54. The number of aliphatic hydroxyl groups is 1. The lowest BCUT2D eigenvalue weighted by Gasteiger charge is -2.17. The average Bonchev–Trinajstić information content (AvgIpc) is 2.71. The van der Waals surface area contributed by atoms with Crippen molar-refractivity contribution in [1.82, 2.24) is 4.31 Å². The van der Waals surface area contributed by atoms with Crippen molar-refractivity contribution in [1.29, 1.82) is 0 Å². The van der Waals surface area contributed by atoms with E-state index in [-0.39, 0.29) is 17.4 Å². The van der Waals surface area contributed by atoms with Gasteiger partial charge in [0.25, 0.3) is 10.0 Å². The van der Waals surface area contributed by atoms with E-state index >= 15 is 0 Å². The molecule has 4 nitrogen and oxygen atoms in total. The molecule has 18 heavy (non-hydrogen) atoms. The van der Waals surface area contributed by atoms with Crippen LogP contribution in [-0.2, 0) is 16.6 Å². The van der Waals surface area contributed by atoms with Gasteiger partial charge in [0.05, 0.1) is 13.2 Å². The number of nitrogens with zero attached hydrogens (tertiary/aromatic N) is 1. The van der Waals surface area contributed by atoms with Crippen molar-refractivity contribution < 1.29 is 13.5 Å². The summed E-state index contributed by atoms with van der Waals surface area (Å²) in [4.78, 5) is 0.672. The molecule has 0 radical (unpaired) electrons. The molecule has 0 bridgehead atoms. The molecule has 0 saturated heterocycles. The Morgan fingerprint density at radius 1 is 1.56 bits per heavy atom. The van der Waals surface area contributed by atoms with Gasteiger partial charge in [0, 0.05) is 11.4 Å². The summed E-state index contributed by atoms with van der Waals surface area (Å²) in [7, 11) is -3.54. The van der Waals surface area contributed by atoms with Gasteiger partial charge in [-0.2, -0.15) is 4.31 Å². The van der Waals surface area contributed by atoms with E-state index in [0.717, 1.165) is 16.9 Å². The highest BCUT2D eigenvalue weighted by molar-refractivity contribution is 7.91. The molecule has 1 N–H and O–H groups in total. The molecule has 0 unspecified atom stereocenters. The van der Waals surface area contributed by atoms with Gasteiger partial charge < -0.3 is 5.11 Å². The minimum absolute atomic E-state index is 0.0710. The third kappa shape index (κ3) is 3.12. The summed E-state index contributed by atoms with van der Waals surface area (Å²) in [5, 5.41) is 9.11. The van der Waals surface area contributed by atoms with Gasteiger partial charge >= 0.3 is 0 Å². The maximum absolute atomic E-state index is 12.4. The number of rotatable bonds is 6. The molecule has 0 atom stereocenters. The molecule has 0 aliphatic carbocycles. The lowest BCUT2D eigenvalue weighted by Crippen LogP contribution is -2.31. The molecule has 0 aliphatic heterocycles. The van der Waals surface area contributed by atoms with Crippen LogP contribution in [0.2, 0.25) is 0 Å². The quantitative estimate of drug-likeness (QED) is 0.808. The van der Waals surface area contributed by atoms with Crippen LogP contribution in [0.4, 0.5) is 0 Å². The predicted molar refractivity (Wildman–Crippen MR) is 72.9 cm³/mol. The van der Waals surface area contributed by atoms with Crippen molar-refractivity contribution in [2.75, 3.05) is 13.1 Å². The van der Waals surface area contributed by atoms with Crippen molar-refractivity contribution in [2.45, 2.75) is 31.1 Å². The number of hydrogen-bond acceptors (Lipinski definition) is 4. The fraction of sp³-hybridized carbons (Fsp3) is 0.500. The fourth-order valence-corrected chi connectivity index (χ4v) is 4.59. The van der Waals surface area contributed by atoms with Gasteiger partial charge in [0.15, 0.2) is 0 Å². The normalized spacial score (nSPS) is 11.7. The summed E-state index contributed by atoms with van der Waals surface area (Å²) in [6.07, 6.45) is 5.91. The van der Waals surface area contributed by atoms with Gasteiger partial charge in [-0.05, 0) is 25.0 Å². The highest BCUT2D eigenvalue weighted by Crippen LogP contribution is 2.28. The molecule has 0 aliphatic rings. The Morgan fingerprint density at radius 3 is 2.67 bits per heavy atom. The summed E-state index contributed by atoms with van der Waals surface area (Å²) in [6.45, 7) is 4.01. The van der Waals surface area contributed by atoms with Gasteiger partial charge in [-0.15, -0.1) is 17.8 Å². The summed E-state index contributed by atoms with van der Waals surface area (Å²) in [5.41, 5.74) is 0.790. The molecule has 0 fully saturated rings. The Balaban J connectivity index is 3.14. The molecule has 1 heterocycles. The number of aliphatic hydroxyl groups excluding tert-OH is 1. The van der Waals surface area contributed by atoms with Crippen molar-refractivity contribution in [2.24, 2.45) is 0 Å². The summed E-state index contributed by atoms with van der Waals surface area (Å²) >= 11 is 1.10. The van der Waals surface area contributed by atoms with E-state index in [9.17, 15) is 8.42 Å². The maximum atomic E-state index is 12.4.